The molecule has 1 aromatic carbocycles. The summed E-state index contributed by atoms with van der Waals surface area (Å²) in [6.45, 7) is 1.70. The molecule has 0 atom stereocenters. The molecule has 2 aromatic rings. The van der Waals surface area contributed by atoms with Crippen LogP contribution in [0.2, 0.25) is 0 Å². The minimum Gasteiger partial charge on any atom is -0.493 e. The fourth-order valence-corrected chi connectivity index (χ4v) is 3.42. The summed E-state index contributed by atoms with van der Waals surface area (Å²) in [4.78, 5) is 2.26. The van der Waals surface area contributed by atoms with E-state index in [1.54, 1.807) is 14.2 Å². The number of rotatable bonds is 8. The lowest BCUT2D eigenvalue weighted by atomic mass is 9.80. The summed E-state index contributed by atoms with van der Waals surface area (Å²) in [6.07, 6.45) is 2.96. The molecule has 1 aliphatic carbocycles. The minimum absolute atomic E-state index is 0.323. The first kappa shape index (κ1) is 18.7. The topological polar surface area (TPSA) is 78.4 Å². The molecule has 0 aliphatic heterocycles. The van der Waals surface area contributed by atoms with Crippen molar-refractivity contribution >= 4 is 0 Å². The monoisotopic (exact) mass is 359 g/mol. The van der Waals surface area contributed by atoms with E-state index in [0.717, 1.165) is 55.5 Å². The van der Waals surface area contributed by atoms with Crippen LogP contribution < -0.4 is 15.2 Å². The van der Waals surface area contributed by atoms with Gasteiger partial charge in [-0.05, 0) is 44.0 Å². The number of likely N-dealkylation sites (N-methyl/N-ethyl adjacent to an activating group) is 1. The molecule has 142 valence electrons. The summed E-state index contributed by atoms with van der Waals surface area (Å²) in [5, 5.41) is 8.77. The van der Waals surface area contributed by atoms with Crippen LogP contribution in [0.1, 0.15) is 36.0 Å². The molecule has 1 saturated carbocycles. The molecular formula is C19H29N5O2. The van der Waals surface area contributed by atoms with Gasteiger partial charge in [0, 0.05) is 25.6 Å². The van der Waals surface area contributed by atoms with Gasteiger partial charge in [-0.25, -0.2) is 0 Å². The van der Waals surface area contributed by atoms with Crippen molar-refractivity contribution < 1.29 is 9.47 Å². The van der Waals surface area contributed by atoms with E-state index in [4.69, 9.17) is 15.2 Å². The fraction of sp³-hybridized carbons (Fsp3) is 0.579. The molecular weight excluding hydrogens is 330 g/mol. The zero-order chi connectivity index (χ0) is 18.7. The number of methoxy groups -OCH3 is 2. The van der Waals surface area contributed by atoms with Crippen LogP contribution in [-0.4, -0.2) is 53.5 Å². The fourth-order valence-electron chi connectivity index (χ4n) is 3.42. The molecule has 2 N–H and O–H groups in total. The zero-order valence-electron chi connectivity index (χ0n) is 16.1. The molecule has 0 saturated heterocycles. The van der Waals surface area contributed by atoms with Crippen LogP contribution in [0.3, 0.4) is 0 Å². The van der Waals surface area contributed by atoms with Crippen LogP contribution >= 0.6 is 0 Å². The standard InChI is InChI=1S/C19H29N5O2/c1-23(8-7-13-5-6-16(25-3)17(9-13)26-4)12-18-21-22-19(24(18)2)14-10-15(20)11-14/h5-6,9,14-15H,7-8,10-12,20H2,1-4H3. The first-order chi connectivity index (χ1) is 12.5. The van der Waals surface area contributed by atoms with Crippen molar-refractivity contribution in [2.45, 2.75) is 37.8 Å². The van der Waals surface area contributed by atoms with Gasteiger partial charge in [0.1, 0.15) is 11.6 Å². The minimum atomic E-state index is 0.323. The van der Waals surface area contributed by atoms with Gasteiger partial charge in [0.15, 0.2) is 11.5 Å². The van der Waals surface area contributed by atoms with Crippen molar-refractivity contribution in [1.82, 2.24) is 19.7 Å². The number of benzene rings is 1. The third kappa shape index (κ3) is 3.99. The molecule has 3 rings (SSSR count). The van der Waals surface area contributed by atoms with Crippen LogP contribution in [0, 0.1) is 0 Å². The van der Waals surface area contributed by atoms with Gasteiger partial charge in [-0.15, -0.1) is 10.2 Å². The maximum atomic E-state index is 5.90. The average molecular weight is 359 g/mol. The normalized spacial score (nSPS) is 19.5. The quantitative estimate of drug-likeness (QED) is 0.773. The molecule has 0 radical (unpaired) electrons. The lowest BCUT2D eigenvalue weighted by molar-refractivity contribution is 0.311. The number of hydrogen-bond acceptors (Lipinski definition) is 6. The Labute approximate surface area is 155 Å². The number of nitrogens with zero attached hydrogens (tertiary/aromatic N) is 4. The molecule has 7 nitrogen and oxygen atoms in total. The van der Waals surface area contributed by atoms with Crippen molar-refractivity contribution in [3.05, 3.63) is 35.4 Å². The van der Waals surface area contributed by atoms with Gasteiger partial charge in [0.05, 0.1) is 20.8 Å². The zero-order valence-corrected chi connectivity index (χ0v) is 16.1. The van der Waals surface area contributed by atoms with E-state index in [1.807, 2.05) is 12.1 Å². The second kappa shape index (κ2) is 8.05. The van der Waals surface area contributed by atoms with E-state index in [1.165, 1.54) is 5.56 Å². The number of hydrogen-bond donors (Lipinski definition) is 1. The predicted molar refractivity (Wildman–Crippen MR) is 101 cm³/mol. The van der Waals surface area contributed by atoms with E-state index in [9.17, 15) is 0 Å². The lowest BCUT2D eigenvalue weighted by Gasteiger charge is -2.31. The number of nitrogens with two attached hydrogens (primary N) is 1. The Morgan fingerprint density at radius 1 is 1.19 bits per heavy atom. The third-order valence-electron chi connectivity index (χ3n) is 5.18. The van der Waals surface area contributed by atoms with Gasteiger partial charge in [0.25, 0.3) is 0 Å². The number of aromatic nitrogens is 3. The highest BCUT2D eigenvalue weighted by atomic mass is 16.5. The first-order valence-corrected chi connectivity index (χ1v) is 9.05. The van der Waals surface area contributed by atoms with Gasteiger partial charge < -0.3 is 19.8 Å². The van der Waals surface area contributed by atoms with Crippen LogP contribution in [-0.2, 0) is 20.0 Å². The van der Waals surface area contributed by atoms with Gasteiger partial charge in [-0.2, -0.15) is 0 Å². The van der Waals surface area contributed by atoms with Crippen LogP contribution in [0.4, 0.5) is 0 Å². The molecule has 26 heavy (non-hydrogen) atoms. The van der Waals surface area contributed by atoms with Gasteiger partial charge in [-0.3, -0.25) is 4.90 Å². The van der Waals surface area contributed by atoms with Crippen LogP contribution in [0.25, 0.3) is 0 Å². The maximum absolute atomic E-state index is 5.90. The Morgan fingerprint density at radius 3 is 2.58 bits per heavy atom. The van der Waals surface area contributed by atoms with Gasteiger partial charge in [0.2, 0.25) is 0 Å². The average Bonchev–Trinajstić information content (AvgIpc) is 2.97. The van der Waals surface area contributed by atoms with Gasteiger partial charge >= 0.3 is 0 Å². The summed E-state index contributed by atoms with van der Waals surface area (Å²) in [5.74, 6) is 4.05. The summed E-state index contributed by atoms with van der Waals surface area (Å²) < 4.78 is 12.8. The largest absolute Gasteiger partial charge is 0.493 e. The van der Waals surface area contributed by atoms with Gasteiger partial charge in [-0.1, -0.05) is 6.07 Å². The Balaban J connectivity index is 1.55. The highest BCUT2D eigenvalue weighted by Crippen LogP contribution is 2.34. The molecule has 0 amide bonds. The van der Waals surface area contributed by atoms with E-state index in [0.29, 0.717) is 12.0 Å². The Morgan fingerprint density at radius 2 is 1.92 bits per heavy atom. The number of ether oxygens (including phenoxy) is 2. The summed E-state index contributed by atoms with van der Waals surface area (Å²) in [5.41, 5.74) is 7.11. The maximum Gasteiger partial charge on any atom is 0.160 e. The van der Waals surface area contributed by atoms with E-state index in [2.05, 4.69) is 39.8 Å². The molecule has 1 aliphatic rings. The van der Waals surface area contributed by atoms with Crippen molar-refractivity contribution in [2.75, 3.05) is 27.8 Å². The second-order valence-corrected chi connectivity index (χ2v) is 7.14. The molecule has 1 heterocycles. The summed E-state index contributed by atoms with van der Waals surface area (Å²) in [7, 11) is 7.47. The molecule has 7 heteroatoms. The van der Waals surface area contributed by atoms with Crippen molar-refractivity contribution in [3.63, 3.8) is 0 Å². The van der Waals surface area contributed by atoms with E-state index in [-0.39, 0.29) is 0 Å². The summed E-state index contributed by atoms with van der Waals surface area (Å²) >= 11 is 0. The molecule has 0 unspecified atom stereocenters. The smallest absolute Gasteiger partial charge is 0.160 e. The Kier molecular flexibility index (Phi) is 5.78. The van der Waals surface area contributed by atoms with E-state index < -0.39 is 0 Å². The highest BCUT2D eigenvalue weighted by molar-refractivity contribution is 5.42. The lowest BCUT2D eigenvalue weighted by Crippen LogP contribution is -2.36. The Bertz CT molecular complexity index is 740. The molecule has 1 aromatic heterocycles. The second-order valence-electron chi connectivity index (χ2n) is 7.14. The van der Waals surface area contributed by atoms with E-state index >= 15 is 0 Å². The van der Waals surface area contributed by atoms with Crippen molar-refractivity contribution in [2.24, 2.45) is 12.8 Å². The molecule has 1 fully saturated rings. The van der Waals surface area contributed by atoms with Crippen LogP contribution in [0.5, 0.6) is 11.5 Å². The predicted octanol–water partition coefficient (Wildman–Crippen LogP) is 1.71. The van der Waals surface area contributed by atoms with Crippen LogP contribution in [0.15, 0.2) is 18.2 Å². The summed E-state index contributed by atoms with van der Waals surface area (Å²) in [6, 6.07) is 6.39. The van der Waals surface area contributed by atoms with Crippen molar-refractivity contribution in [3.8, 4) is 11.5 Å². The highest BCUT2D eigenvalue weighted by Gasteiger charge is 2.31. The SMILES string of the molecule is COc1ccc(CCN(C)Cc2nnc(C3CC(N)C3)n2C)cc1OC. The molecule has 0 spiro atoms. The third-order valence-corrected chi connectivity index (χ3v) is 5.18. The van der Waals surface area contributed by atoms with Crippen molar-refractivity contribution in [1.29, 1.82) is 0 Å². The first-order valence-electron chi connectivity index (χ1n) is 9.05. The molecule has 0 bridgehead atoms. The Hall–Kier alpha value is -2.12.